The Bertz CT molecular complexity index is 1290. The quantitative estimate of drug-likeness (QED) is 0.0613. The number of halogens is 1. The van der Waals surface area contributed by atoms with Crippen molar-refractivity contribution in [1.29, 1.82) is 0 Å². The predicted octanol–water partition coefficient (Wildman–Crippen LogP) is 11.2. The Balaban J connectivity index is 2.35. The molecular formula is C42H73BrO8Si2. The fourth-order valence-electron chi connectivity index (χ4n) is 6.74. The maximum Gasteiger partial charge on any atom is 0.192 e. The van der Waals surface area contributed by atoms with Gasteiger partial charge in [-0.2, -0.15) is 0 Å². The highest BCUT2D eigenvalue weighted by Crippen LogP contribution is 2.44. The lowest BCUT2D eigenvalue weighted by Gasteiger charge is -2.51. The van der Waals surface area contributed by atoms with Gasteiger partial charge >= 0.3 is 0 Å². The Morgan fingerprint density at radius 2 is 1.66 bits per heavy atom. The lowest BCUT2D eigenvalue weighted by molar-refractivity contribution is -0.326. The van der Waals surface area contributed by atoms with Crippen LogP contribution < -0.4 is 9.47 Å². The summed E-state index contributed by atoms with van der Waals surface area (Å²) in [5.74, 6) is 0.653. The Labute approximate surface area is 333 Å². The molecule has 2 rings (SSSR count). The topological polar surface area (TPSA) is 73.8 Å². The minimum atomic E-state index is -1.98. The summed E-state index contributed by atoms with van der Waals surface area (Å²) < 4.78 is 51.0. The van der Waals surface area contributed by atoms with Crippen LogP contribution in [0.15, 0.2) is 53.6 Å². The van der Waals surface area contributed by atoms with Gasteiger partial charge in [0.1, 0.15) is 11.5 Å². The first kappa shape index (κ1) is 47.9. The number of benzene rings is 1. The summed E-state index contributed by atoms with van der Waals surface area (Å²) in [6, 6.07) is 9.03. The Morgan fingerprint density at radius 3 is 2.21 bits per heavy atom. The van der Waals surface area contributed by atoms with Gasteiger partial charge in [-0.1, -0.05) is 102 Å². The molecule has 1 aliphatic heterocycles. The van der Waals surface area contributed by atoms with E-state index >= 15 is 0 Å². The van der Waals surface area contributed by atoms with Crippen LogP contribution in [-0.2, 0) is 34.4 Å². The fraction of sp³-hybridized carbons (Fsp3) is 0.714. The van der Waals surface area contributed by atoms with Crippen molar-refractivity contribution in [2.75, 3.05) is 35.0 Å². The molecule has 7 atom stereocenters. The van der Waals surface area contributed by atoms with Gasteiger partial charge < -0.3 is 37.3 Å². The smallest absolute Gasteiger partial charge is 0.192 e. The summed E-state index contributed by atoms with van der Waals surface area (Å²) in [6.45, 7) is 23.5. The van der Waals surface area contributed by atoms with Crippen molar-refractivity contribution in [3.05, 3.63) is 59.1 Å². The van der Waals surface area contributed by atoms with Gasteiger partial charge in [-0.05, 0) is 59.8 Å². The third-order valence-corrected chi connectivity index (χ3v) is 21.3. The zero-order valence-electron chi connectivity index (χ0n) is 35.5. The van der Waals surface area contributed by atoms with Crippen molar-refractivity contribution in [1.82, 2.24) is 0 Å². The maximum absolute atomic E-state index is 7.27. The molecule has 0 radical (unpaired) electrons. The van der Waals surface area contributed by atoms with Gasteiger partial charge in [-0.15, -0.1) is 0 Å². The van der Waals surface area contributed by atoms with Gasteiger partial charge in [0, 0.05) is 50.5 Å². The summed E-state index contributed by atoms with van der Waals surface area (Å²) >= 11 is 3.37. The highest BCUT2D eigenvalue weighted by molar-refractivity contribution is 9.11. The molecule has 1 saturated heterocycles. The molecule has 0 bridgehead atoms. The van der Waals surface area contributed by atoms with E-state index in [4.69, 9.17) is 37.3 Å². The molecule has 0 spiro atoms. The van der Waals surface area contributed by atoms with Crippen molar-refractivity contribution in [2.24, 2.45) is 11.8 Å². The summed E-state index contributed by atoms with van der Waals surface area (Å²) in [4.78, 5) is 1.85. The molecule has 0 aromatic heterocycles. The third kappa shape index (κ3) is 13.7. The van der Waals surface area contributed by atoms with Crippen molar-refractivity contribution in [2.45, 2.75) is 148 Å². The van der Waals surface area contributed by atoms with Gasteiger partial charge in [-0.25, -0.2) is 0 Å². The number of ether oxygens (including phenoxy) is 6. The number of methoxy groups -OCH3 is 4. The Morgan fingerprint density at radius 1 is 0.981 bits per heavy atom. The van der Waals surface area contributed by atoms with Crippen LogP contribution in [0.4, 0.5) is 0 Å². The number of rotatable bonds is 23. The van der Waals surface area contributed by atoms with Gasteiger partial charge in [0.2, 0.25) is 0 Å². The van der Waals surface area contributed by atoms with Gasteiger partial charge in [0.25, 0.3) is 0 Å². The monoisotopic (exact) mass is 840 g/mol. The second kappa shape index (κ2) is 22.5. The summed E-state index contributed by atoms with van der Waals surface area (Å²) in [7, 11) is 2.92. The zero-order valence-corrected chi connectivity index (χ0v) is 39.0. The molecule has 1 aromatic carbocycles. The largest absolute Gasteiger partial charge is 0.497 e. The first-order valence-corrected chi connectivity index (χ1v) is 25.9. The molecule has 0 saturated carbocycles. The molecule has 1 heterocycles. The van der Waals surface area contributed by atoms with Crippen LogP contribution in [0.25, 0.3) is 0 Å². The predicted molar refractivity (Wildman–Crippen MR) is 227 cm³/mol. The van der Waals surface area contributed by atoms with E-state index in [0.717, 1.165) is 41.6 Å². The molecule has 0 unspecified atom stereocenters. The third-order valence-electron chi connectivity index (χ3n) is 11.8. The van der Waals surface area contributed by atoms with E-state index in [2.05, 4.69) is 103 Å². The molecule has 1 fully saturated rings. The van der Waals surface area contributed by atoms with Gasteiger partial charge in [-0.3, -0.25) is 0 Å². The van der Waals surface area contributed by atoms with Crippen LogP contribution in [0.2, 0.25) is 36.3 Å². The normalized spacial score (nSPS) is 23.6. The van der Waals surface area contributed by atoms with E-state index in [9.17, 15) is 0 Å². The van der Waals surface area contributed by atoms with Crippen molar-refractivity contribution in [3.8, 4) is 11.5 Å². The van der Waals surface area contributed by atoms with Crippen LogP contribution in [0.3, 0.4) is 0 Å². The molecule has 0 N–H and O–H groups in total. The van der Waals surface area contributed by atoms with Gasteiger partial charge in [0.05, 0.1) is 51.8 Å². The Hall–Kier alpha value is -1.29. The molecular weight excluding hydrogens is 769 g/mol. The van der Waals surface area contributed by atoms with E-state index in [-0.39, 0.29) is 41.3 Å². The van der Waals surface area contributed by atoms with Crippen LogP contribution in [0.5, 0.6) is 11.5 Å². The molecule has 304 valence electrons. The van der Waals surface area contributed by atoms with Crippen molar-refractivity contribution < 1.29 is 37.3 Å². The first-order chi connectivity index (χ1) is 25.0. The van der Waals surface area contributed by atoms with Gasteiger partial charge in [0.15, 0.2) is 22.4 Å². The molecule has 11 heteroatoms. The van der Waals surface area contributed by atoms with Crippen LogP contribution in [0, 0.1) is 11.8 Å². The molecule has 8 nitrogen and oxygen atoms in total. The number of allylic oxidation sites excluding steroid dienone is 2. The zero-order chi connectivity index (χ0) is 39.9. The van der Waals surface area contributed by atoms with E-state index in [1.54, 1.807) is 28.4 Å². The fourth-order valence-corrected chi connectivity index (χ4v) is 11.1. The SMILES string of the molecule is CC[Si](CC)(CC)O[C@H]1C[C@@](OC)([C@H](C)COCc2ccc(OC)cc2OC)O[C@@H](C[C@@H](/C=C/C[C@H](/C=C/C=C/Br)O[Si](C)(C)C(C)(C)C)OC)[C@@H]1C. The molecule has 0 aliphatic carbocycles. The average molecular weight is 842 g/mol. The lowest BCUT2D eigenvalue weighted by Crippen LogP contribution is -2.59. The summed E-state index contributed by atoms with van der Waals surface area (Å²) in [5.41, 5.74) is 0.954. The lowest BCUT2D eigenvalue weighted by atomic mass is 9.82. The van der Waals surface area contributed by atoms with Crippen LogP contribution >= 0.6 is 15.9 Å². The first-order valence-electron chi connectivity index (χ1n) is 19.5. The van der Waals surface area contributed by atoms with Crippen molar-refractivity contribution >= 4 is 32.6 Å². The number of hydrogen-bond donors (Lipinski definition) is 0. The van der Waals surface area contributed by atoms with Crippen LogP contribution in [0.1, 0.15) is 80.2 Å². The Kier molecular flexibility index (Phi) is 20.3. The second-order valence-corrected chi connectivity index (χ2v) is 26.0. The highest BCUT2D eigenvalue weighted by Gasteiger charge is 2.51. The van der Waals surface area contributed by atoms with E-state index in [1.807, 2.05) is 35.3 Å². The molecule has 53 heavy (non-hydrogen) atoms. The second-order valence-electron chi connectivity index (χ2n) is 16.0. The average Bonchev–Trinajstić information content (AvgIpc) is 3.14. The summed E-state index contributed by atoms with van der Waals surface area (Å²) in [6.07, 6.45) is 12.2. The van der Waals surface area contributed by atoms with Crippen LogP contribution in [-0.4, -0.2) is 81.9 Å². The molecule has 1 aromatic rings. The minimum absolute atomic E-state index is 0.0131. The van der Waals surface area contributed by atoms with Crippen molar-refractivity contribution in [3.63, 3.8) is 0 Å². The molecule has 1 aliphatic rings. The minimum Gasteiger partial charge on any atom is -0.497 e. The van der Waals surface area contributed by atoms with E-state index < -0.39 is 22.4 Å². The molecule has 0 amide bonds. The maximum atomic E-state index is 7.27. The van der Waals surface area contributed by atoms with E-state index in [0.29, 0.717) is 26.1 Å². The number of hydrogen-bond acceptors (Lipinski definition) is 8. The highest BCUT2D eigenvalue weighted by atomic mass is 79.9. The summed E-state index contributed by atoms with van der Waals surface area (Å²) in [5, 5.41) is 0.114. The van der Waals surface area contributed by atoms with E-state index in [1.165, 1.54) is 0 Å². The standard InChI is InChI=1S/C42H73BrO8Si2/c1-15-53(16-2,17-3)51-40-29-42(47-12,32(4)30-48-31-34-24-25-37(45-10)28-39(34)46-11)49-38(33(40)5)27-36(44-9)23-20-22-35(21-18-19-26-43)50-52(13,14)41(6,7)8/h18-21,23-26,28,32-33,35-36,38,40H,15-17,22,27,29-31H2,1-14H3/b21-18+,23-20+,26-19+/t32-,33+,35+,36-,38+,40+,42+/m1/s1.